The SMILES string of the molecule is CC(C)(C)NCCC(CO)OC1=CC=C(C2=NC=NC3N=C(c4ccc(N5CCOCC5)cc4)NC23)CC1C#N. The number of allylic oxidation sites excluding steroid dienone is 3. The summed E-state index contributed by atoms with van der Waals surface area (Å²) >= 11 is 0. The zero-order chi connectivity index (χ0) is 28.1. The van der Waals surface area contributed by atoms with Gasteiger partial charge in [-0.3, -0.25) is 0 Å². The Balaban J connectivity index is 1.25. The van der Waals surface area contributed by atoms with Crippen molar-refractivity contribution < 1.29 is 14.6 Å². The van der Waals surface area contributed by atoms with E-state index in [2.05, 4.69) is 76.6 Å². The van der Waals surface area contributed by atoms with Crippen LogP contribution >= 0.6 is 0 Å². The molecule has 40 heavy (non-hydrogen) atoms. The molecule has 1 saturated heterocycles. The van der Waals surface area contributed by atoms with E-state index in [0.29, 0.717) is 25.1 Å². The van der Waals surface area contributed by atoms with Crippen molar-refractivity contribution in [3.05, 3.63) is 53.3 Å². The fraction of sp³-hybridized carbons (Fsp3) is 0.533. The molecule has 212 valence electrons. The minimum absolute atomic E-state index is 0.0109. The van der Waals surface area contributed by atoms with Gasteiger partial charge in [0.15, 0.2) is 6.17 Å². The van der Waals surface area contributed by atoms with Gasteiger partial charge in [0.25, 0.3) is 0 Å². The lowest BCUT2D eigenvalue weighted by Gasteiger charge is -2.29. The van der Waals surface area contributed by atoms with Crippen LogP contribution in [0.2, 0.25) is 0 Å². The van der Waals surface area contributed by atoms with Crippen LogP contribution in [0.3, 0.4) is 0 Å². The largest absolute Gasteiger partial charge is 0.491 e. The lowest BCUT2D eigenvalue weighted by molar-refractivity contribution is 0.0418. The van der Waals surface area contributed by atoms with E-state index in [1.54, 1.807) is 6.34 Å². The van der Waals surface area contributed by atoms with Gasteiger partial charge in [-0.1, -0.05) is 6.08 Å². The molecule has 0 bridgehead atoms. The third-order valence-corrected chi connectivity index (χ3v) is 7.41. The highest BCUT2D eigenvalue weighted by Gasteiger charge is 2.37. The molecule has 1 aliphatic carbocycles. The van der Waals surface area contributed by atoms with Crippen LogP contribution in [0.25, 0.3) is 0 Å². The van der Waals surface area contributed by atoms with Crippen molar-refractivity contribution >= 4 is 23.6 Å². The Bertz CT molecular complexity index is 1250. The highest BCUT2D eigenvalue weighted by atomic mass is 16.5. The van der Waals surface area contributed by atoms with Gasteiger partial charge in [0.05, 0.1) is 31.6 Å². The van der Waals surface area contributed by atoms with E-state index in [-0.39, 0.29) is 30.5 Å². The summed E-state index contributed by atoms with van der Waals surface area (Å²) in [6, 6.07) is 10.6. The molecule has 4 aliphatic rings. The van der Waals surface area contributed by atoms with Crippen molar-refractivity contribution in [3.8, 4) is 6.07 Å². The highest BCUT2D eigenvalue weighted by molar-refractivity contribution is 6.13. The minimum Gasteiger partial charge on any atom is -0.491 e. The molecule has 10 heteroatoms. The maximum absolute atomic E-state index is 9.95. The fourth-order valence-corrected chi connectivity index (χ4v) is 5.23. The molecule has 0 spiro atoms. The number of rotatable bonds is 9. The number of morpholine rings is 1. The Morgan fingerprint density at radius 3 is 2.70 bits per heavy atom. The summed E-state index contributed by atoms with van der Waals surface area (Å²) in [7, 11) is 0. The predicted octanol–water partition coefficient (Wildman–Crippen LogP) is 2.56. The molecule has 5 rings (SSSR count). The Morgan fingerprint density at radius 1 is 1.23 bits per heavy atom. The first-order valence-electron chi connectivity index (χ1n) is 14.0. The lowest BCUT2D eigenvalue weighted by atomic mass is 9.87. The van der Waals surface area contributed by atoms with E-state index < -0.39 is 5.92 Å². The van der Waals surface area contributed by atoms with Crippen molar-refractivity contribution in [2.24, 2.45) is 20.9 Å². The molecule has 10 nitrogen and oxygen atoms in total. The van der Waals surface area contributed by atoms with Gasteiger partial charge in [0, 0.05) is 29.9 Å². The number of nitrogens with one attached hydrogen (secondary N) is 2. The number of hydrogen-bond donors (Lipinski definition) is 3. The molecule has 0 saturated carbocycles. The lowest BCUT2D eigenvalue weighted by Crippen LogP contribution is -2.44. The van der Waals surface area contributed by atoms with Crippen molar-refractivity contribution in [1.29, 1.82) is 5.26 Å². The van der Waals surface area contributed by atoms with Crippen LogP contribution in [-0.4, -0.2) is 86.3 Å². The van der Waals surface area contributed by atoms with Crippen LogP contribution in [0.1, 0.15) is 39.2 Å². The van der Waals surface area contributed by atoms with Gasteiger partial charge >= 0.3 is 0 Å². The van der Waals surface area contributed by atoms with Crippen molar-refractivity contribution in [2.45, 2.75) is 57.5 Å². The van der Waals surface area contributed by atoms with E-state index in [1.807, 2.05) is 12.2 Å². The van der Waals surface area contributed by atoms with Crippen LogP contribution in [0.4, 0.5) is 5.69 Å². The van der Waals surface area contributed by atoms with Crippen LogP contribution in [0.15, 0.2) is 62.7 Å². The zero-order valence-electron chi connectivity index (χ0n) is 23.5. The number of aliphatic hydroxyl groups is 1. The fourth-order valence-electron chi connectivity index (χ4n) is 5.23. The van der Waals surface area contributed by atoms with Gasteiger partial charge in [-0.15, -0.1) is 0 Å². The number of anilines is 1. The number of aliphatic hydroxyl groups excluding tert-OH is 1. The molecule has 0 radical (unpaired) electrons. The molecule has 3 aliphatic heterocycles. The molecule has 0 aromatic heterocycles. The summed E-state index contributed by atoms with van der Waals surface area (Å²) in [6.45, 7) is 10.2. The summed E-state index contributed by atoms with van der Waals surface area (Å²) in [5.74, 6) is 0.913. The summed E-state index contributed by atoms with van der Waals surface area (Å²) in [5, 5.41) is 26.8. The number of amidine groups is 1. The van der Waals surface area contributed by atoms with Gasteiger partial charge in [0.2, 0.25) is 0 Å². The van der Waals surface area contributed by atoms with Crippen LogP contribution < -0.4 is 15.5 Å². The summed E-state index contributed by atoms with van der Waals surface area (Å²) in [4.78, 5) is 16.3. The number of nitrogens with zero attached hydrogens (tertiary/aromatic N) is 5. The summed E-state index contributed by atoms with van der Waals surface area (Å²) in [6.07, 6.45) is 5.81. The van der Waals surface area contributed by atoms with Gasteiger partial charge in [0.1, 0.15) is 36.0 Å². The average molecular weight is 546 g/mol. The first kappa shape index (κ1) is 28.0. The first-order valence-corrected chi connectivity index (χ1v) is 14.0. The number of benzene rings is 1. The maximum Gasteiger partial charge on any atom is 0.169 e. The second-order valence-corrected chi connectivity index (χ2v) is 11.5. The van der Waals surface area contributed by atoms with Crippen molar-refractivity contribution in [1.82, 2.24) is 10.6 Å². The molecule has 1 aromatic carbocycles. The highest BCUT2D eigenvalue weighted by Crippen LogP contribution is 2.31. The third-order valence-electron chi connectivity index (χ3n) is 7.41. The van der Waals surface area contributed by atoms with Crippen molar-refractivity contribution in [3.63, 3.8) is 0 Å². The van der Waals surface area contributed by atoms with Gasteiger partial charge in [-0.05, 0) is 76.1 Å². The number of ether oxygens (including phenoxy) is 2. The number of fused-ring (bicyclic) bond motifs is 1. The standard InChI is InChI=1S/C30H39N7O3/c1-30(2,3)34-11-10-24(18-38)40-25-9-6-21(16-22(25)17-31)26-27-29(33-19-32-26)36-28(35-27)20-4-7-23(8-5-20)37-12-14-39-15-13-37/h4-9,19,22,24,27,29,34,38H,10-16,18H2,1-3H3,(H,35,36). The third kappa shape index (κ3) is 6.61. The molecular formula is C30H39N7O3. The summed E-state index contributed by atoms with van der Waals surface area (Å²) in [5.41, 5.74) is 3.97. The summed E-state index contributed by atoms with van der Waals surface area (Å²) < 4.78 is 11.6. The van der Waals surface area contributed by atoms with E-state index in [9.17, 15) is 10.4 Å². The first-order chi connectivity index (χ1) is 19.3. The number of aliphatic imine (C=N–C) groups is 3. The topological polar surface area (TPSA) is 127 Å². The monoisotopic (exact) mass is 545 g/mol. The van der Waals surface area contributed by atoms with Crippen LogP contribution in [0.5, 0.6) is 0 Å². The molecular weight excluding hydrogens is 506 g/mol. The average Bonchev–Trinajstić information content (AvgIpc) is 3.41. The molecule has 3 N–H and O–H groups in total. The minimum atomic E-state index is -0.459. The second kappa shape index (κ2) is 12.3. The zero-order valence-corrected chi connectivity index (χ0v) is 23.5. The normalized spacial score (nSPS) is 25.1. The van der Waals surface area contributed by atoms with Gasteiger partial charge in [-0.25, -0.2) is 15.0 Å². The molecule has 3 heterocycles. The Hall–Kier alpha value is -3.52. The van der Waals surface area contributed by atoms with Crippen LogP contribution in [0, 0.1) is 17.2 Å². The molecule has 1 fully saturated rings. The maximum atomic E-state index is 9.95. The van der Waals surface area contributed by atoms with E-state index in [1.165, 1.54) is 5.69 Å². The Labute approximate surface area is 236 Å². The van der Waals surface area contributed by atoms with Gasteiger partial charge < -0.3 is 30.1 Å². The number of hydrogen-bond acceptors (Lipinski definition) is 10. The molecule has 4 atom stereocenters. The van der Waals surface area contributed by atoms with Crippen molar-refractivity contribution in [2.75, 3.05) is 44.4 Å². The van der Waals surface area contributed by atoms with Crippen LogP contribution in [-0.2, 0) is 9.47 Å². The molecule has 1 aromatic rings. The Kier molecular flexibility index (Phi) is 8.64. The van der Waals surface area contributed by atoms with E-state index in [4.69, 9.17) is 14.5 Å². The quantitative estimate of drug-likeness (QED) is 0.435. The predicted molar refractivity (Wildman–Crippen MR) is 157 cm³/mol. The molecule has 0 amide bonds. The van der Waals surface area contributed by atoms with Gasteiger partial charge in [-0.2, -0.15) is 5.26 Å². The number of nitriles is 1. The smallest absolute Gasteiger partial charge is 0.169 e. The van der Waals surface area contributed by atoms with E-state index in [0.717, 1.165) is 49.0 Å². The van der Waals surface area contributed by atoms with E-state index >= 15 is 0 Å². The Morgan fingerprint density at radius 2 is 2.00 bits per heavy atom. The molecule has 4 unspecified atom stereocenters. The second-order valence-electron chi connectivity index (χ2n) is 11.5.